The van der Waals surface area contributed by atoms with Crippen LogP contribution >= 0.6 is 8.03 Å². The smallest absolute Gasteiger partial charge is 0.146 e. The normalized spacial score (nSPS) is 13.1. The van der Waals surface area contributed by atoms with Crippen molar-refractivity contribution in [1.82, 2.24) is 0 Å². The maximum atomic E-state index is 11.6. The monoisotopic (exact) mass is 289 g/mol. The molecule has 0 fully saturated rings. The third-order valence-corrected chi connectivity index (χ3v) is 3.97. The summed E-state index contributed by atoms with van der Waals surface area (Å²) < 4.78 is 16.9. The first-order chi connectivity index (χ1) is 7.24. The summed E-state index contributed by atoms with van der Waals surface area (Å²) in [4.78, 5) is 0. The minimum Gasteiger partial charge on any atom is -0.146 e. The molecule has 0 rings (SSSR count). The molecule has 0 aliphatic heterocycles. The molecule has 2 nitrogen and oxygen atoms in total. The molecule has 16 heavy (non-hydrogen) atoms. The zero-order valence-electron chi connectivity index (χ0n) is 10.9. The molecule has 0 heterocycles. The molecule has 0 aromatic heterocycles. The van der Waals surface area contributed by atoms with Crippen LogP contribution in [-0.4, -0.2) is 12.8 Å². The Morgan fingerprint density at radius 3 is 2.25 bits per heavy atom. The third kappa shape index (κ3) is 11.1. The van der Waals surface area contributed by atoms with Gasteiger partial charge in [-0.15, -0.1) is 4.52 Å². The van der Waals surface area contributed by atoms with E-state index in [1.54, 1.807) is 0 Å². The molecule has 0 saturated heterocycles. The largest absolute Gasteiger partial charge is 2.00 e. The van der Waals surface area contributed by atoms with Gasteiger partial charge in [-0.05, 0) is 23.8 Å². The number of unbranched alkanes of at least 4 members (excludes halogenated alkanes) is 2. The maximum absolute atomic E-state index is 11.6. The van der Waals surface area contributed by atoms with Gasteiger partial charge in [0, 0.05) is 5.92 Å². The summed E-state index contributed by atoms with van der Waals surface area (Å²) in [5, 5.41) is 0. The van der Waals surface area contributed by atoms with E-state index in [0.29, 0.717) is 12.5 Å². The second kappa shape index (κ2) is 13.6. The average Bonchev–Trinajstić information content (AvgIpc) is 2.24. The van der Waals surface area contributed by atoms with E-state index in [0.717, 1.165) is 25.4 Å². The topological polar surface area (TPSA) is 26.3 Å². The van der Waals surface area contributed by atoms with Gasteiger partial charge >= 0.3 is 25.1 Å². The molecule has 0 amide bonds. The molecule has 2 unspecified atom stereocenters. The van der Waals surface area contributed by atoms with E-state index in [1.165, 1.54) is 19.3 Å². The van der Waals surface area contributed by atoms with E-state index < -0.39 is 8.03 Å². The Kier molecular flexibility index (Phi) is 16.1. The molecule has 0 bridgehead atoms. The first-order valence-corrected chi connectivity index (χ1v) is 7.68. The van der Waals surface area contributed by atoms with Gasteiger partial charge in [-0.1, -0.05) is 40.0 Å². The van der Waals surface area contributed by atoms with Crippen LogP contribution in [0.5, 0.6) is 0 Å². The van der Waals surface area contributed by atoms with E-state index >= 15 is 0 Å². The number of rotatable bonds is 10. The van der Waals surface area contributed by atoms with E-state index in [1.807, 2.05) is 0 Å². The van der Waals surface area contributed by atoms with E-state index in [9.17, 15) is 4.57 Å². The predicted molar refractivity (Wildman–Crippen MR) is 66.6 cm³/mol. The van der Waals surface area contributed by atoms with Crippen molar-refractivity contribution in [2.45, 2.75) is 59.3 Å². The van der Waals surface area contributed by atoms with Crippen molar-refractivity contribution in [3.63, 3.8) is 0 Å². The third-order valence-electron chi connectivity index (χ3n) is 2.68. The Balaban J connectivity index is 0. The van der Waals surface area contributed by atoms with Crippen molar-refractivity contribution in [2.24, 2.45) is 5.92 Å². The van der Waals surface area contributed by atoms with Crippen LogP contribution in [0.1, 0.15) is 59.3 Å². The molecule has 96 valence electrons. The molecule has 0 spiro atoms. The van der Waals surface area contributed by atoms with Crippen LogP contribution in [0.3, 0.4) is 0 Å². The summed E-state index contributed by atoms with van der Waals surface area (Å²) in [5.41, 5.74) is 0. The molecule has 0 aromatic carbocycles. The van der Waals surface area contributed by atoms with Gasteiger partial charge in [0.15, 0.2) is 6.16 Å². The van der Waals surface area contributed by atoms with E-state index in [-0.39, 0.29) is 17.1 Å². The molecule has 0 radical (unpaired) electrons. The molecule has 0 aromatic rings. The van der Waals surface area contributed by atoms with Gasteiger partial charge < -0.3 is 0 Å². The maximum Gasteiger partial charge on any atom is 2.00 e. The molecule has 0 saturated carbocycles. The SMILES string of the molecule is CCCCO[P+](=O)CC(CC)CCCC.[Fe+2]. The van der Waals surface area contributed by atoms with Gasteiger partial charge in [-0.2, -0.15) is 0 Å². The van der Waals surface area contributed by atoms with Crippen LogP contribution < -0.4 is 0 Å². The van der Waals surface area contributed by atoms with Crippen molar-refractivity contribution in [3.05, 3.63) is 0 Å². The summed E-state index contributed by atoms with van der Waals surface area (Å²) in [6.45, 7) is 7.16. The molecule has 4 heteroatoms. The number of hydrogen-bond acceptors (Lipinski definition) is 2. The molecule has 0 aliphatic rings. The van der Waals surface area contributed by atoms with E-state index in [2.05, 4.69) is 20.8 Å². The molecular formula is C12H26FeO2P+3. The van der Waals surface area contributed by atoms with Gasteiger partial charge in [0.1, 0.15) is 6.61 Å². The van der Waals surface area contributed by atoms with Crippen molar-refractivity contribution in [3.8, 4) is 0 Å². The van der Waals surface area contributed by atoms with Gasteiger partial charge in [0.25, 0.3) is 0 Å². The minimum atomic E-state index is -1.40. The van der Waals surface area contributed by atoms with Crippen molar-refractivity contribution < 1.29 is 26.2 Å². The Labute approximate surface area is 112 Å². The van der Waals surface area contributed by atoms with Crippen LogP contribution in [0.15, 0.2) is 0 Å². The zero-order chi connectivity index (χ0) is 11.5. The van der Waals surface area contributed by atoms with Crippen LogP contribution in [0.4, 0.5) is 0 Å². The average molecular weight is 289 g/mol. The van der Waals surface area contributed by atoms with Gasteiger partial charge in [0.2, 0.25) is 0 Å². The van der Waals surface area contributed by atoms with Gasteiger partial charge in [-0.25, -0.2) is 0 Å². The first kappa shape index (κ1) is 18.9. The molecule has 2 atom stereocenters. The fourth-order valence-corrected chi connectivity index (χ4v) is 2.79. The van der Waals surface area contributed by atoms with Crippen LogP contribution in [0, 0.1) is 5.92 Å². The minimum absolute atomic E-state index is 0. The first-order valence-electron chi connectivity index (χ1n) is 6.32. The Bertz CT molecular complexity index is 165. The Morgan fingerprint density at radius 2 is 1.75 bits per heavy atom. The summed E-state index contributed by atoms with van der Waals surface area (Å²) >= 11 is 0. The standard InChI is InChI=1S/C12H26O2P.Fe/c1-4-7-9-12(6-3)11-15(13)14-10-8-5-2;/h12H,4-11H2,1-3H3;/q+1;+2. The summed E-state index contributed by atoms with van der Waals surface area (Å²) in [6, 6.07) is 0. The Hall–Kier alpha value is 0.579. The van der Waals surface area contributed by atoms with Crippen molar-refractivity contribution in [2.75, 3.05) is 12.8 Å². The van der Waals surface area contributed by atoms with Gasteiger partial charge in [-0.3, -0.25) is 0 Å². The fourth-order valence-electron chi connectivity index (χ4n) is 1.49. The quantitative estimate of drug-likeness (QED) is 0.329. The second-order valence-electron chi connectivity index (χ2n) is 4.12. The van der Waals surface area contributed by atoms with Crippen LogP contribution in [0.2, 0.25) is 0 Å². The van der Waals surface area contributed by atoms with E-state index in [4.69, 9.17) is 4.52 Å². The summed E-state index contributed by atoms with van der Waals surface area (Å²) in [5.74, 6) is 0.593. The van der Waals surface area contributed by atoms with Crippen molar-refractivity contribution in [1.29, 1.82) is 0 Å². The Morgan fingerprint density at radius 1 is 1.12 bits per heavy atom. The fraction of sp³-hybridized carbons (Fsp3) is 1.00. The summed E-state index contributed by atoms with van der Waals surface area (Å²) in [7, 11) is -1.40. The van der Waals surface area contributed by atoms with Crippen LogP contribution in [0.25, 0.3) is 0 Å². The van der Waals surface area contributed by atoms with Crippen molar-refractivity contribution >= 4 is 8.03 Å². The predicted octanol–water partition coefficient (Wildman–Crippen LogP) is 4.76. The van der Waals surface area contributed by atoms with Crippen LogP contribution in [-0.2, 0) is 26.2 Å². The summed E-state index contributed by atoms with van der Waals surface area (Å²) in [6.07, 6.45) is 7.68. The molecule has 0 N–H and O–H groups in total. The zero-order valence-corrected chi connectivity index (χ0v) is 12.9. The second-order valence-corrected chi connectivity index (χ2v) is 5.41. The molecule has 0 aliphatic carbocycles. The van der Waals surface area contributed by atoms with Gasteiger partial charge in [0.05, 0.1) is 0 Å². The number of hydrogen-bond donors (Lipinski definition) is 0. The molecular weight excluding hydrogens is 263 g/mol.